The van der Waals surface area contributed by atoms with Crippen LogP contribution >= 0.6 is 7.28 Å². The molecule has 2 aromatic rings. The molecule has 7 nitrogen and oxygen atoms in total. The number of carbonyl (C=O) groups excluding carboxylic acids is 2. The van der Waals surface area contributed by atoms with Gasteiger partial charge in [-0.3, -0.25) is 0 Å². The molecule has 0 heterocycles. The Morgan fingerprint density at radius 3 is 1.02 bits per heavy atom. The summed E-state index contributed by atoms with van der Waals surface area (Å²) in [7, 11) is -5.78. The molecule has 0 fully saturated rings. The van der Waals surface area contributed by atoms with Gasteiger partial charge in [0, 0.05) is 0 Å². The minimum atomic E-state index is -5.78. The fraction of sp³-hybridized carbons (Fsp3) is 0.741. The summed E-state index contributed by atoms with van der Waals surface area (Å²) in [5, 5.41) is 0.303. The van der Waals surface area contributed by atoms with Crippen molar-refractivity contribution in [3.8, 4) is 0 Å². The summed E-state index contributed by atoms with van der Waals surface area (Å²) in [6.45, 7) is 21.0. The summed E-state index contributed by atoms with van der Waals surface area (Å²) in [4.78, 5) is 63.3. The van der Waals surface area contributed by atoms with E-state index in [2.05, 4.69) is 13.8 Å². The number of hydrogen-bond donors (Lipinski definition) is 3. The van der Waals surface area contributed by atoms with Crippen LogP contribution in [0.25, 0.3) is 0 Å². The molecular formula is C54H93O7P. The van der Waals surface area contributed by atoms with Crippen molar-refractivity contribution in [1.29, 1.82) is 0 Å². The molecule has 0 amide bonds. The summed E-state index contributed by atoms with van der Waals surface area (Å²) in [6.07, 6.45) is 28.7. The molecule has 0 bridgehead atoms. The van der Waals surface area contributed by atoms with Crippen molar-refractivity contribution in [2.45, 2.75) is 247 Å². The van der Waals surface area contributed by atoms with E-state index in [1.165, 1.54) is 116 Å². The van der Waals surface area contributed by atoms with E-state index in [-0.39, 0.29) is 35.4 Å². The van der Waals surface area contributed by atoms with Gasteiger partial charge in [0.2, 0.25) is 0 Å². The summed E-state index contributed by atoms with van der Waals surface area (Å²) >= 11 is 0. The predicted molar refractivity (Wildman–Crippen MR) is 264 cm³/mol. The summed E-state index contributed by atoms with van der Waals surface area (Å²) in [6, 6.07) is 7.58. The fourth-order valence-corrected chi connectivity index (χ4v) is 12.2. The molecule has 62 heavy (non-hydrogen) atoms. The van der Waals surface area contributed by atoms with Crippen molar-refractivity contribution in [2.24, 2.45) is 0 Å². The average Bonchev–Trinajstić information content (AvgIpc) is 3.18. The number of hydrogen-bond acceptors (Lipinski definition) is 7. The van der Waals surface area contributed by atoms with Crippen molar-refractivity contribution in [3.63, 3.8) is 0 Å². The van der Waals surface area contributed by atoms with Crippen LogP contribution in [0.4, 0.5) is 0 Å². The summed E-state index contributed by atoms with van der Waals surface area (Å²) < 4.78 is 11.2. The van der Waals surface area contributed by atoms with Gasteiger partial charge in [-0.2, -0.15) is 0 Å². The van der Waals surface area contributed by atoms with Gasteiger partial charge in [-0.05, 0) is 0 Å². The second-order valence-corrected chi connectivity index (χ2v) is 23.5. The fourth-order valence-electron chi connectivity index (χ4n) is 8.89. The first kappa shape index (κ1) is 55.8. The van der Waals surface area contributed by atoms with Gasteiger partial charge in [0.25, 0.3) is 0 Å². The van der Waals surface area contributed by atoms with Gasteiger partial charge in [-0.15, -0.1) is 0 Å². The molecule has 0 aliphatic carbocycles. The summed E-state index contributed by atoms with van der Waals surface area (Å²) in [5.41, 5.74) is 3.04. The molecule has 3 N–H and O–H groups in total. The Morgan fingerprint density at radius 2 is 0.742 bits per heavy atom. The number of unbranched alkanes of at least 4 members (excludes halogenated alkanes) is 20. The third-order valence-electron chi connectivity index (χ3n) is 12.4. The van der Waals surface area contributed by atoms with E-state index in [0.29, 0.717) is 48.3 Å². The Kier molecular flexibility index (Phi) is 25.1. The van der Waals surface area contributed by atoms with Gasteiger partial charge < -0.3 is 0 Å². The van der Waals surface area contributed by atoms with Gasteiger partial charge in [-0.25, -0.2) is 0 Å². The first-order valence-corrected chi connectivity index (χ1v) is 27.2. The topological polar surface area (TPSA) is 113 Å². The molecular weight excluding hydrogens is 792 g/mol. The van der Waals surface area contributed by atoms with Crippen molar-refractivity contribution in [1.82, 2.24) is 0 Å². The zero-order valence-electron chi connectivity index (χ0n) is 41.5. The third-order valence-corrected chi connectivity index (χ3v) is 15.3. The van der Waals surface area contributed by atoms with Crippen LogP contribution in [0.3, 0.4) is 0 Å². The molecule has 0 aromatic heterocycles. The van der Waals surface area contributed by atoms with Crippen LogP contribution in [0.5, 0.6) is 0 Å². The monoisotopic (exact) mass is 885 g/mol. The molecule has 0 aliphatic heterocycles. The number of carbonyl (C=O) groups is 2. The van der Waals surface area contributed by atoms with Crippen molar-refractivity contribution in [2.75, 3.05) is 13.2 Å². The molecule has 356 valence electrons. The molecule has 8 heteroatoms. The molecule has 0 radical (unpaired) electrons. The SMILES string of the molecule is CCCCCCCCCCCCCOC(=O)CCc1cc(C)c(P(O)(O)(O)c2c(C)cc(CCC(=O)OCCCCCCCCCCCCC)cc2C(C)(C)C)c(C(C)(C)C)c1. The standard InChI is InChI=1S/C54H93O7P/c1-11-13-15-17-19-21-23-25-27-29-31-37-60-49(55)35-33-45-39-43(3)51(47(41-45)53(5,6)7)62(57,58,59)52-44(4)40-46(42-48(52)54(8,9)10)34-36-50(56)61-38-32-30-28-26-24-22-20-18-16-14-12-2/h39-42,57-59H,11-38H2,1-10H3. The molecule has 2 rings (SSSR count). The second-order valence-electron chi connectivity index (χ2n) is 20.6. The number of ether oxygens (including phenoxy) is 2. The minimum absolute atomic E-state index is 0.152. The maximum absolute atomic E-state index is 12.8. The van der Waals surface area contributed by atoms with E-state index in [0.717, 1.165) is 36.8 Å². The third kappa shape index (κ3) is 20.2. The van der Waals surface area contributed by atoms with Gasteiger partial charge in [-0.1, -0.05) is 117 Å². The van der Waals surface area contributed by atoms with E-state index < -0.39 is 18.1 Å². The van der Waals surface area contributed by atoms with Crippen LogP contribution < -0.4 is 10.6 Å². The first-order chi connectivity index (χ1) is 29.2. The van der Waals surface area contributed by atoms with Gasteiger partial charge in [0.05, 0.1) is 0 Å². The van der Waals surface area contributed by atoms with E-state index in [4.69, 9.17) is 9.47 Å². The number of aryl methyl sites for hydroxylation is 4. The van der Waals surface area contributed by atoms with Crippen molar-refractivity contribution >= 4 is 29.8 Å². The van der Waals surface area contributed by atoms with Crippen molar-refractivity contribution < 1.29 is 33.7 Å². The molecule has 0 saturated heterocycles. The van der Waals surface area contributed by atoms with Crippen molar-refractivity contribution in [3.05, 3.63) is 57.6 Å². The molecule has 0 atom stereocenters. The Morgan fingerprint density at radius 1 is 0.468 bits per heavy atom. The van der Waals surface area contributed by atoms with Crippen LogP contribution in [0.15, 0.2) is 24.3 Å². The normalized spacial score (nSPS) is 13.0. The van der Waals surface area contributed by atoms with E-state index in [9.17, 15) is 24.3 Å². The Bertz CT molecular complexity index is 1490. The van der Waals surface area contributed by atoms with Crippen LogP contribution in [0.1, 0.15) is 243 Å². The molecule has 0 saturated carbocycles. The second kappa shape index (κ2) is 27.9. The van der Waals surface area contributed by atoms with Crippen LogP contribution in [0.2, 0.25) is 0 Å². The van der Waals surface area contributed by atoms with E-state index in [1.54, 1.807) is 0 Å². The zero-order chi connectivity index (χ0) is 46.3. The summed E-state index contributed by atoms with van der Waals surface area (Å²) in [5.74, 6) is -0.462. The van der Waals surface area contributed by atoms with Gasteiger partial charge in [0.15, 0.2) is 0 Å². The molecule has 0 unspecified atom stereocenters. The van der Waals surface area contributed by atoms with E-state index in [1.807, 2.05) is 79.7 Å². The number of benzene rings is 2. The van der Waals surface area contributed by atoms with Gasteiger partial charge in [0.1, 0.15) is 0 Å². The van der Waals surface area contributed by atoms with Crippen LogP contribution in [-0.4, -0.2) is 39.8 Å². The van der Waals surface area contributed by atoms with Crippen LogP contribution in [-0.2, 0) is 42.7 Å². The molecule has 0 spiro atoms. The Balaban J connectivity index is 2.07. The van der Waals surface area contributed by atoms with Gasteiger partial charge >= 0.3 is 265 Å². The Hall–Kier alpha value is -2.31. The average molecular weight is 885 g/mol. The predicted octanol–water partition coefficient (Wildman–Crippen LogP) is 13.7. The molecule has 2 aromatic carbocycles. The number of rotatable bonds is 32. The quantitative estimate of drug-likeness (QED) is 0.0381. The van der Waals surface area contributed by atoms with Crippen LogP contribution in [0, 0.1) is 13.8 Å². The zero-order valence-corrected chi connectivity index (χ0v) is 42.4. The van der Waals surface area contributed by atoms with E-state index >= 15 is 0 Å². The maximum atomic E-state index is 12.8. The first-order valence-electron chi connectivity index (χ1n) is 25.1. The number of esters is 2. The Labute approximate surface area is 380 Å². The molecule has 0 aliphatic rings.